The average Bonchev–Trinajstić information content (AvgIpc) is 3.16. The zero-order valence-electron chi connectivity index (χ0n) is 18.0. The van der Waals surface area contributed by atoms with E-state index in [9.17, 15) is 0 Å². The summed E-state index contributed by atoms with van der Waals surface area (Å²) in [5.41, 5.74) is 3.53. The normalized spacial score (nSPS) is 17.1. The first kappa shape index (κ1) is 21.0. The molecule has 1 aromatic heterocycles. The van der Waals surface area contributed by atoms with Crippen molar-refractivity contribution >= 4 is 5.69 Å². The maximum absolute atomic E-state index is 6.25. The number of benzene rings is 1. The summed E-state index contributed by atoms with van der Waals surface area (Å²) < 4.78 is 17.4. The fraction of sp³-hybridized carbons (Fsp3) is 0.458. The van der Waals surface area contributed by atoms with Gasteiger partial charge in [0.2, 0.25) is 5.75 Å². The van der Waals surface area contributed by atoms with E-state index in [0.717, 1.165) is 37.4 Å². The molecule has 2 aromatic rings. The molecule has 156 valence electrons. The Kier molecular flexibility index (Phi) is 7.02. The Balaban J connectivity index is 1.63. The molecule has 29 heavy (non-hydrogen) atoms. The topological polar surface area (TPSA) is 43.8 Å². The summed E-state index contributed by atoms with van der Waals surface area (Å²) in [7, 11) is 1.66. The first-order valence-corrected chi connectivity index (χ1v) is 10.3. The lowest BCUT2D eigenvalue weighted by molar-refractivity contribution is 0.225. The standard InChI is InChI=1S/C24H32N2O3/c1-6-28-24-23(27-5)22(11-13-25-24)26-14-12-21(16-26)29-20-9-7-19(8-10-20)18(4)15-17(2)3/h7-11,13,18,21H,2,6,12,14-16H2,1,3-5H3/t18-,21-/m1/s1. The molecule has 0 amide bonds. The van der Waals surface area contributed by atoms with Gasteiger partial charge in [-0.3, -0.25) is 0 Å². The Bertz CT molecular complexity index is 819. The fourth-order valence-corrected chi connectivity index (χ4v) is 3.85. The van der Waals surface area contributed by atoms with Crippen LogP contribution in [0.15, 0.2) is 48.7 Å². The van der Waals surface area contributed by atoms with Gasteiger partial charge in [-0.05, 0) is 49.9 Å². The minimum Gasteiger partial charge on any atom is -0.490 e. The van der Waals surface area contributed by atoms with Crippen LogP contribution in [0.3, 0.4) is 0 Å². The van der Waals surface area contributed by atoms with Crippen LogP contribution in [0.2, 0.25) is 0 Å². The van der Waals surface area contributed by atoms with Crippen molar-refractivity contribution < 1.29 is 14.2 Å². The lowest BCUT2D eigenvalue weighted by Crippen LogP contribution is -2.25. The van der Waals surface area contributed by atoms with Crippen molar-refractivity contribution in [2.24, 2.45) is 0 Å². The molecule has 1 aliphatic heterocycles. The minimum absolute atomic E-state index is 0.141. The molecule has 0 bridgehead atoms. The molecule has 0 aliphatic carbocycles. The van der Waals surface area contributed by atoms with Gasteiger partial charge < -0.3 is 19.1 Å². The van der Waals surface area contributed by atoms with Crippen LogP contribution in [0.25, 0.3) is 0 Å². The first-order valence-electron chi connectivity index (χ1n) is 10.3. The van der Waals surface area contributed by atoms with Crippen molar-refractivity contribution in [2.45, 2.75) is 45.6 Å². The maximum Gasteiger partial charge on any atom is 0.259 e. The highest BCUT2D eigenvalue weighted by atomic mass is 16.5. The maximum atomic E-state index is 6.25. The summed E-state index contributed by atoms with van der Waals surface area (Å²) in [6, 6.07) is 10.5. The number of rotatable bonds is 9. The molecule has 0 radical (unpaired) electrons. The highest BCUT2D eigenvalue weighted by Gasteiger charge is 2.27. The number of hydrogen-bond donors (Lipinski definition) is 0. The van der Waals surface area contributed by atoms with Crippen LogP contribution in [-0.2, 0) is 0 Å². The van der Waals surface area contributed by atoms with Crippen molar-refractivity contribution in [3.63, 3.8) is 0 Å². The van der Waals surface area contributed by atoms with Gasteiger partial charge in [0.25, 0.3) is 5.88 Å². The van der Waals surface area contributed by atoms with Crippen LogP contribution in [0.4, 0.5) is 5.69 Å². The molecule has 0 N–H and O–H groups in total. The van der Waals surface area contributed by atoms with Crippen LogP contribution in [0, 0.1) is 0 Å². The highest BCUT2D eigenvalue weighted by Crippen LogP contribution is 2.37. The number of allylic oxidation sites excluding steroid dienone is 1. The molecule has 0 spiro atoms. The molecular formula is C24H32N2O3. The lowest BCUT2D eigenvalue weighted by atomic mass is 9.95. The summed E-state index contributed by atoms with van der Waals surface area (Å²) in [6.07, 6.45) is 3.88. The van der Waals surface area contributed by atoms with E-state index in [-0.39, 0.29) is 6.10 Å². The Morgan fingerprint density at radius 3 is 2.69 bits per heavy atom. The highest BCUT2D eigenvalue weighted by molar-refractivity contribution is 5.63. The monoisotopic (exact) mass is 396 g/mol. The molecule has 0 unspecified atom stereocenters. The van der Waals surface area contributed by atoms with Crippen LogP contribution >= 0.6 is 0 Å². The van der Waals surface area contributed by atoms with Gasteiger partial charge in [-0.15, -0.1) is 6.58 Å². The van der Waals surface area contributed by atoms with E-state index < -0.39 is 0 Å². The van der Waals surface area contributed by atoms with Crippen molar-refractivity contribution in [3.05, 3.63) is 54.2 Å². The van der Waals surface area contributed by atoms with E-state index in [1.807, 2.05) is 13.0 Å². The molecular weight excluding hydrogens is 364 g/mol. The van der Waals surface area contributed by atoms with Gasteiger partial charge in [0.15, 0.2) is 0 Å². The molecule has 2 heterocycles. The van der Waals surface area contributed by atoms with Crippen LogP contribution in [-0.4, -0.2) is 37.9 Å². The van der Waals surface area contributed by atoms with Crippen molar-refractivity contribution in [3.8, 4) is 17.4 Å². The average molecular weight is 397 g/mol. The second-order valence-electron chi connectivity index (χ2n) is 7.71. The van der Waals surface area contributed by atoms with E-state index in [0.29, 0.717) is 24.2 Å². The third-order valence-electron chi connectivity index (χ3n) is 5.23. The third kappa shape index (κ3) is 5.22. The van der Waals surface area contributed by atoms with Crippen LogP contribution in [0.5, 0.6) is 17.4 Å². The number of nitrogens with zero attached hydrogens (tertiary/aromatic N) is 2. The number of anilines is 1. The number of hydrogen-bond acceptors (Lipinski definition) is 5. The van der Waals surface area contributed by atoms with Crippen LogP contribution < -0.4 is 19.1 Å². The van der Waals surface area contributed by atoms with Crippen LogP contribution in [0.1, 0.15) is 45.1 Å². The summed E-state index contributed by atoms with van der Waals surface area (Å²) in [5.74, 6) is 2.62. The van der Waals surface area contributed by atoms with Gasteiger partial charge in [-0.1, -0.05) is 24.6 Å². The molecule has 0 saturated carbocycles. The van der Waals surface area contributed by atoms with Crippen molar-refractivity contribution in [2.75, 3.05) is 31.7 Å². The number of aromatic nitrogens is 1. The minimum atomic E-state index is 0.141. The molecule has 1 aliphatic rings. The summed E-state index contributed by atoms with van der Waals surface area (Å²) >= 11 is 0. The molecule has 3 rings (SSSR count). The summed E-state index contributed by atoms with van der Waals surface area (Å²) in [5, 5.41) is 0. The lowest BCUT2D eigenvalue weighted by Gasteiger charge is -2.22. The Morgan fingerprint density at radius 2 is 2.03 bits per heavy atom. The molecule has 1 fully saturated rings. The summed E-state index contributed by atoms with van der Waals surface area (Å²) in [6.45, 7) is 12.5. The first-order chi connectivity index (χ1) is 14.0. The van der Waals surface area contributed by atoms with Crippen molar-refractivity contribution in [1.82, 2.24) is 4.98 Å². The Hall–Kier alpha value is -2.69. The quantitative estimate of drug-likeness (QED) is 0.544. The van der Waals surface area contributed by atoms with Gasteiger partial charge >= 0.3 is 0 Å². The second kappa shape index (κ2) is 9.68. The number of ether oxygens (including phenoxy) is 3. The molecule has 5 nitrogen and oxygen atoms in total. The van der Waals surface area contributed by atoms with Gasteiger partial charge in [0.05, 0.1) is 25.9 Å². The SMILES string of the molecule is C=C(C)C[C@@H](C)c1ccc(O[C@@H]2CCN(c3ccnc(OCC)c3OC)C2)cc1. The van der Waals surface area contributed by atoms with E-state index in [4.69, 9.17) is 14.2 Å². The Labute approximate surface area is 174 Å². The molecule has 1 aromatic carbocycles. The number of methoxy groups -OCH3 is 1. The van der Waals surface area contributed by atoms with Crippen molar-refractivity contribution in [1.29, 1.82) is 0 Å². The smallest absolute Gasteiger partial charge is 0.259 e. The van der Waals surface area contributed by atoms with Gasteiger partial charge in [0.1, 0.15) is 11.9 Å². The predicted octanol–water partition coefficient (Wildman–Crippen LogP) is 5.22. The molecule has 5 heteroatoms. The largest absolute Gasteiger partial charge is 0.490 e. The van der Waals surface area contributed by atoms with Gasteiger partial charge in [0, 0.05) is 19.2 Å². The second-order valence-corrected chi connectivity index (χ2v) is 7.71. The van der Waals surface area contributed by atoms with E-state index in [1.165, 1.54) is 11.1 Å². The summed E-state index contributed by atoms with van der Waals surface area (Å²) in [4.78, 5) is 6.56. The predicted molar refractivity (Wildman–Crippen MR) is 117 cm³/mol. The molecule has 2 atom stereocenters. The van der Waals surface area contributed by atoms with Gasteiger partial charge in [-0.25, -0.2) is 4.98 Å². The van der Waals surface area contributed by atoms with E-state index >= 15 is 0 Å². The Morgan fingerprint density at radius 1 is 1.28 bits per heavy atom. The molecule has 1 saturated heterocycles. The van der Waals surface area contributed by atoms with E-state index in [1.54, 1.807) is 13.3 Å². The third-order valence-corrected chi connectivity index (χ3v) is 5.23. The van der Waals surface area contributed by atoms with E-state index in [2.05, 4.69) is 54.6 Å². The zero-order chi connectivity index (χ0) is 20.8. The number of pyridine rings is 1. The fourth-order valence-electron chi connectivity index (χ4n) is 3.85. The van der Waals surface area contributed by atoms with Gasteiger partial charge in [-0.2, -0.15) is 0 Å². The zero-order valence-corrected chi connectivity index (χ0v) is 18.0.